The summed E-state index contributed by atoms with van der Waals surface area (Å²) in [4.78, 5) is 30.4. The van der Waals surface area contributed by atoms with Gasteiger partial charge in [-0.2, -0.15) is 0 Å². The zero-order valence-corrected chi connectivity index (χ0v) is 18.1. The zero-order chi connectivity index (χ0) is 21.9. The summed E-state index contributed by atoms with van der Waals surface area (Å²) in [6.45, 7) is 4.52. The molecule has 2 aromatic heterocycles. The van der Waals surface area contributed by atoms with Crippen molar-refractivity contribution in [3.63, 3.8) is 0 Å². The Morgan fingerprint density at radius 3 is 3.06 bits per heavy atom. The third kappa shape index (κ3) is 4.68. The van der Waals surface area contributed by atoms with Crippen LogP contribution in [-0.2, 0) is 22.5 Å². The quantitative estimate of drug-likeness (QED) is 0.564. The molecule has 0 spiro atoms. The minimum Gasteiger partial charge on any atom is -0.381 e. The van der Waals surface area contributed by atoms with Gasteiger partial charge in [-0.25, -0.2) is 14.8 Å². The number of hydrogen-bond acceptors (Lipinski definition) is 7. The minimum atomic E-state index is -0.470. The van der Waals surface area contributed by atoms with Gasteiger partial charge in [-0.05, 0) is 54.8 Å². The fraction of sp³-hybridized carbons (Fsp3) is 0.435. The van der Waals surface area contributed by atoms with Gasteiger partial charge < -0.3 is 25.2 Å². The molecule has 1 saturated heterocycles. The fourth-order valence-corrected chi connectivity index (χ4v) is 4.19. The third-order valence-electron chi connectivity index (χ3n) is 6.09. The largest absolute Gasteiger partial charge is 0.426 e. The van der Waals surface area contributed by atoms with Crippen molar-refractivity contribution in [2.45, 2.75) is 44.8 Å². The molecule has 0 radical (unpaired) electrons. The van der Waals surface area contributed by atoms with Crippen LogP contribution in [0.15, 0.2) is 36.7 Å². The Labute approximate surface area is 186 Å². The summed E-state index contributed by atoms with van der Waals surface area (Å²) in [5.41, 5.74) is 4.04. The van der Waals surface area contributed by atoms with Gasteiger partial charge in [0.1, 0.15) is 0 Å². The van der Waals surface area contributed by atoms with Crippen molar-refractivity contribution in [2.24, 2.45) is 0 Å². The Balaban J connectivity index is 1.17. The van der Waals surface area contributed by atoms with E-state index in [1.54, 1.807) is 5.06 Å². The van der Waals surface area contributed by atoms with Crippen LogP contribution < -0.4 is 10.6 Å². The Morgan fingerprint density at radius 2 is 2.19 bits per heavy atom. The maximum Gasteiger partial charge on any atom is 0.426 e. The number of H-pyrrole nitrogens is 1. The Hall–Kier alpha value is -3.17. The molecule has 1 fully saturated rings. The second-order valence-corrected chi connectivity index (χ2v) is 8.38. The van der Waals surface area contributed by atoms with E-state index < -0.39 is 6.09 Å². The molecule has 0 saturated carbocycles. The summed E-state index contributed by atoms with van der Waals surface area (Å²) in [5, 5.41) is 9.11. The van der Waals surface area contributed by atoms with Crippen LogP contribution in [0.2, 0.25) is 0 Å². The summed E-state index contributed by atoms with van der Waals surface area (Å²) in [7, 11) is 0. The first-order chi connectivity index (χ1) is 15.6. The van der Waals surface area contributed by atoms with Gasteiger partial charge >= 0.3 is 6.09 Å². The molecule has 4 heterocycles. The number of nitrogens with zero attached hydrogens (tertiary/aromatic N) is 3. The van der Waals surface area contributed by atoms with Crippen molar-refractivity contribution in [3.8, 4) is 0 Å². The number of aromatic nitrogens is 3. The molecule has 2 aliphatic rings. The van der Waals surface area contributed by atoms with E-state index in [0.717, 1.165) is 60.2 Å². The number of ether oxygens (including phenoxy) is 1. The number of amides is 1. The van der Waals surface area contributed by atoms with Crippen LogP contribution in [0.4, 0.5) is 10.7 Å². The van der Waals surface area contributed by atoms with Crippen LogP contribution in [0.1, 0.15) is 42.6 Å². The minimum absolute atomic E-state index is 0.176. The van der Waals surface area contributed by atoms with Gasteiger partial charge in [0, 0.05) is 43.7 Å². The van der Waals surface area contributed by atoms with Gasteiger partial charge in [0.05, 0.1) is 18.3 Å². The van der Waals surface area contributed by atoms with Crippen LogP contribution in [0, 0.1) is 0 Å². The van der Waals surface area contributed by atoms with Gasteiger partial charge in [0.25, 0.3) is 0 Å². The summed E-state index contributed by atoms with van der Waals surface area (Å²) in [5.74, 6) is 0.621. The van der Waals surface area contributed by atoms with E-state index in [-0.39, 0.29) is 6.04 Å². The molecule has 3 aromatic rings. The van der Waals surface area contributed by atoms with Gasteiger partial charge in [0.2, 0.25) is 5.95 Å². The van der Waals surface area contributed by atoms with Gasteiger partial charge in [-0.15, -0.1) is 5.06 Å². The monoisotopic (exact) mass is 436 g/mol. The highest BCUT2D eigenvalue weighted by molar-refractivity contribution is 5.80. The smallest absolute Gasteiger partial charge is 0.381 e. The Kier molecular flexibility index (Phi) is 5.91. The molecular weight excluding hydrogens is 408 g/mol. The molecule has 0 unspecified atom stereocenters. The number of anilines is 1. The fourth-order valence-electron chi connectivity index (χ4n) is 4.19. The van der Waals surface area contributed by atoms with Crippen LogP contribution in [-0.4, -0.2) is 51.9 Å². The summed E-state index contributed by atoms with van der Waals surface area (Å²) < 4.78 is 5.41. The van der Waals surface area contributed by atoms with Gasteiger partial charge in [-0.3, -0.25) is 0 Å². The molecule has 1 amide bonds. The highest BCUT2D eigenvalue weighted by Crippen LogP contribution is 2.21. The molecule has 3 N–H and O–H groups in total. The average molecular weight is 437 g/mol. The first-order valence-electron chi connectivity index (χ1n) is 11.1. The van der Waals surface area contributed by atoms with Crippen LogP contribution >= 0.6 is 0 Å². The molecule has 0 bridgehead atoms. The molecule has 1 aromatic carbocycles. The van der Waals surface area contributed by atoms with Crippen LogP contribution in [0.5, 0.6) is 0 Å². The summed E-state index contributed by atoms with van der Waals surface area (Å²) in [6, 6.07) is 8.27. The third-order valence-corrected chi connectivity index (χ3v) is 6.09. The molecule has 1 atom stereocenters. The highest BCUT2D eigenvalue weighted by atomic mass is 16.7. The first-order valence-corrected chi connectivity index (χ1v) is 11.1. The standard InChI is InChI=1S/C23H28N6O3/c1-15(17-3-2-16-4-8-24-20(16)12-17)26-23(30)32-29-9-5-18-13-25-22(28-21(18)14-29)27-19-6-10-31-11-7-19/h2-4,8,12-13,15,19,24H,5-7,9-11,14H2,1H3,(H,26,30)(H,25,27,28)/t15-/m0/s1. The van der Waals surface area contributed by atoms with E-state index >= 15 is 0 Å². The van der Waals surface area contributed by atoms with E-state index in [2.05, 4.69) is 25.6 Å². The second-order valence-electron chi connectivity index (χ2n) is 8.38. The summed E-state index contributed by atoms with van der Waals surface area (Å²) >= 11 is 0. The van der Waals surface area contributed by atoms with Gasteiger partial charge in [0.15, 0.2) is 0 Å². The second kappa shape index (κ2) is 9.13. The molecule has 0 aliphatic carbocycles. The maximum atomic E-state index is 12.5. The van der Waals surface area contributed by atoms with Gasteiger partial charge in [-0.1, -0.05) is 12.1 Å². The molecule has 9 nitrogen and oxygen atoms in total. The average Bonchev–Trinajstić information content (AvgIpc) is 3.27. The molecule has 9 heteroatoms. The number of aromatic amines is 1. The highest BCUT2D eigenvalue weighted by Gasteiger charge is 2.23. The lowest BCUT2D eigenvalue weighted by atomic mass is 10.1. The van der Waals surface area contributed by atoms with E-state index in [1.165, 1.54) is 0 Å². The number of carbonyl (C=O) groups is 1. The Bertz CT molecular complexity index is 1090. The van der Waals surface area contributed by atoms with Crippen LogP contribution in [0.3, 0.4) is 0 Å². The van der Waals surface area contributed by atoms with E-state index in [0.29, 0.717) is 25.1 Å². The topological polar surface area (TPSA) is 104 Å². The lowest BCUT2D eigenvalue weighted by Gasteiger charge is -2.28. The molecular formula is C23H28N6O3. The van der Waals surface area contributed by atoms with E-state index in [1.807, 2.05) is 43.6 Å². The SMILES string of the molecule is C[C@H](NC(=O)ON1CCc2cnc(NC3CCOCC3)nc2C1)c1ccc2cc[nH]c2c1. The van der Waals surface area contributed by atoms with Crippen LogP contribution in [0.25, 0.3) is 10.9 Å². The number of hydrogen-bond donors (Lipinski definition) is 3. The number of benzene rings is 1. The number of hydroxylamine groups is 2. The predicted octanol–water partition coefficient (Wildman–Crippen LogP) is 3.31. The zero-order valence-electron chi connectivity index (χ0n) is 18.1. The predicted molar refractivity (Wildman–Crippen MR) is 120 cm³/mol. The lowest BCUT2D eigenvalue weighted by Crippen LogP contribution is -2.38. The van der Waals surface area contributed by atoms with Crippen molar-refractivity contribution in [2.75, 3.05) is 25.1 Å². The first kappa shape index (κ1) is 20.7. The normalized spacial score (nSPS) is 18.2. The van der Waals surface area contributed by atoms with E-state index in [9.17, 15) is 4.79 Å². The number of nitrogens with one attached hydrogen (secondary N) is 3. The van der Waals surface area contributed by atoms with Crippen molar-refractivity contribution < 1.29 is 14.4 Å². The Morgan fingerprint density at radius 1 is 1.31 bits per heavy atom. The van der Waals surface area contributed by atoms with E-state index in [4.69, 9.17) is 9.57 Å². The van der Waals surface area contributed by atoms with Crippen molar-refractivity contribution in [1.29, 1.82) is 0 Å². The van der Waals surface area contributed by atoms with Crippen molar-refractivity contribution in [3.05, 3.63) is 53.5 Å². The molecule has 32 heavy (non-hydrogen) atoms. The maximum absolute atomic E-state index is 12.5. The lowest BCUT2D eigenvalue weighted by molar-refractivity contribution is -0.112. The number of rotatable bonds is 5. The molecule has 2 aliphatic heterocycles. The number of carbonyl (C=O) groups excluding carboxylic acids is 1. The molecule has 168 valence electrons. The summed E-state index contributed by atoms with van der Waals surface area (Å²) in [6.07, 6.45) is 5.94. The number of fused-ring (bicyclic) bond motifs is 2. The van der Waals surface area contributed by atoms with Crippen molar-refractivity contribution in [1.82, 2.24) is 25.3 Å². The van der Waals surface area contributed by atoms with Crippen molar-refractivity contribution >= 4 is 22.9 Å². The molecule has 5 rings (SSSR count).